The maximum atomic E-state index is 11.0. The van der Waals surface area contributed by atoms with Gasteiger partial charge in [-0.15, -0.1) is 0 Å². The average Bonchev–Trinajstić information content (AvgIpc) is 2.04. The minimum absolute atomic E-state index is 0.357. The van der Waals surface area contributed by atoms with Gasteiger partial charge in [0.05, 0.1) is 11.9 Å². The van der Waals surface area contributed by atoms with Crippen LogP contribution in [0.3, 0.4) is 0 Å². The molecule has 0 bridgehead atoms. The molecule has 1 rings (SSSR count). The second kappa shape index (κ2) is 4.63. The number of pyridine rings is 1. The molecular formula is C9H7BrN2O. The van der Waals surface area contributed by atoms with E-state index in [0.29, 0.717) is 5.69 Å². The highest BCUT2D eigenvalue weighted by atomic mass is 79.9. The van der Waals surface area contributed by atoms with Crippen LogP contribution in [0.25, 0.3) is 0 Å². The molecule has 1 aromatic rings. The highest BCUT2D eigenvalue weighted by Gasteiger charge is 1.97. The SMILES string of the molecule is Cc1cncc(NC(=O)C#CBr)c1. The topological polar surface area (TPSA) is 42.0 Å². The van der Waals surface area contributed by atoms with Crippen LogP contribution >= 0.6 is 15.9 Å². The minimum atomic E-state index is -0.357. The molecule has 0 aromatic carbocycles. The molecule has 0 aliphatic heterocycles. The summed E-state index contributed by atoms with van der Waals surface area (Å²) in [4.78, 5) is 17.2. The smallest absolute Gasteiger partial charge is 0.301 e. The quantitative estimate of drug-likeness (QED) is 0.757. The van der Waals surface area contributed by atoms with Gasteiger partial charge in [0.2, 0.25) is 0 Å². The van der Waals surface area contributed by atoms with Crippen molar-refractivity contribution < 1.29 is 4.79 Å². The summed E-state index contributed by atoms with van der Waals surface area (Å²) >= 11 is 2.84. The monoisotopic (exact) mass is 238 g/mol. The molecule has 1 aromatic heterocycles. The van der Waals surface area contributed by atoms with Gasteiger partial charge in [-0.3, -0.25) is 9.78 Å². The van der Waals surface area contributed by atoms with E-state index in [4.69, 9.17) is 0 Å². The third-order valence-electron chi connectivity index (χ3n) is 1.29. The lowest BCUT2D eigenvalue weighted by Crippen LogP contribution is -2.08. The summed E-state index contributed by atoms with van der Waals surface area (Å²) in [7, 11) is 0. The maximum Gasteiger partial charge on any atom is 0.301 e. The summed E-state index contributed by atoms with van der Waals surface area (Å²) in [6.45, 7) is 1.90. The molecule has 1 heterocycles. The molecule has 13 heavy (non-hydrogen) atoms. The van der Waals surface area contributed by atoms with E-state index in [9.17, 15) is 4.79 Å². The maximum absolute atomic E-state index is 11.0. The van der Waals surface area contributed by atoms with E-state index in [1.54, 1.807) is 12.4 Å². The van der Waals surface area contributed by atoms with Crippen molar-refractivity contribution in [2.45, 2.75) is 6.92 Å². The van der Waals surface area contributed by atoms with E-state index in [1.807, 2.05) is 13.0 Å². The first kappa shape index (κ1) is 9.75. The van der Waals surface area contributed by atoms with Gasteiger partial charge in [0.25, 0.3) is 0 Å². The predicted molar refractivity (Wildman–Crippen MR) is 54.3 cm³/mol. The minimum Gasteiger partial charge on any atom is -0.314 e. The van der Waals surface area contributed by atoms with E-state index in [1.165, 1.54) is 0 Å². The van der Waals surface area contributed by atoms with Gasteiger partial charge >= 0.3 is 5.91 Å². The van der Waals surface area contributed by atoms with E-state index in [0.717, 1.165) is 5.56 Å². The Balaban J connectivity index is 2.73. The Kier molecular flexibility index (Phi) is 3.47. The number of amides is 1. The van der Waals surface area contributed by atoms with Crippen molar-refractivity contribution in [2.24, 2.45) is 0 Å². The zero-order valence-corrected chi connectivity index (χ0v) is 8.55. The van der Waals surface area contributed by atoms with Crippen LogP contribution in [0.1, 0.15) is 5.56 Å². The summed E-state index contributed by atoms with van der Waals surface area (Å²) in [5.74, 6) is 1.95. The largest absolute Gasteiger partial charge is 0.314 e. The molecule has 0 saturated heterocycles. The molecule has 0 saturated carbocycles. The average molecular weight is 239 g/mol. The lowest BCUT2D eigenvalue weighted by Gasteiger charge is -1.99. The van der Waals surface area contributed by atoms with Crippen molar-refractivity contribution in [3.05, 3.63) is 24.0 Å². The zero-order chi connectivity index (χ0) is 9.68. The first-order valence-corrected chi connectivity index (χ1v) is 4.36. The first-order valence-electron chi connectivity index (χ1n) is 3.56. The first-order chi connectivity index (χ1) is 6.22. The standard InChI is InChI=1S/C9H7BrN2O/c1-7-4-8(6-11-5-7)12-9(13)2-3-10/h4-6H,1H3,(H,12,13). The lowest BCUT2D eigenvalue weighted by molar-refractivity contribution is -0.111. The van der Waals surface area contributed by atoms with Crippen LogP contribution in [0.4, 0.5) is 5.69 Å². The summed E-state index contributed by atoms with van der Waals surface area (Å²) in [6.07, 6.45) is 3.28. The molecule has 0 radical (unpaired) electrons. The summed E-state index contributed by atoms with van der Waals surface area (Å²) in [5.41, 5.74) is 1.64. The zero-order valence-electron chi connectivity index (χ0n) is 6.97. The Hall–Kier alpha value is -1.34. The van der Waals surface area contributed by atoms with Gasteiger partial charge < -0.3 is 5.32 Å². The molecule has 66 valence electrons. The van der Waals surface area contributed by atoms with E-state index >= 15 is 0 Å². The Bertz CT molecular complexity index is 379. The number of hydrogen-bond donors (Lipinski definition) is 1. The highest BCUT2D eigenvalue weighted by molar-refractivity contribution is 9.12. The number of rotatable bonds is 1. The third kappa shape index (κ3) is 3.26. The lowest BCUT2D eigenvalue weighted by atomic mass is 10.3. The van der Waals surface area contributed by atoms with Crippen molar-refractivity contribution in [1.82, 2.24) is 4.98 Å². The van der Waals surface area contributed by atoms with Crippen molar-refractivity contribution in [1.29, 1.82) is 0 Å². The fraction of sp³-hybridized carbons (Fsp3) is 0.111. The van der Waals surface area contributed by atoms with Gasteiger partial charge in [-0.25, -0.2) is 0 Å². The van der Waals surface area contributed by atoms with Crippen molar-refractivity contribution in [3.63, 3.8) is 0 Å². The van der Waals surface area contributed by atoms with Crippen molar-refractivity contribution >= 4 is 27.5 Å². The summed E-state index contributed by atoms with van der Waals surface area (Å²) in [5, 5.41) is 2.58. The number of aromatic nitrogens is 1. The molecular weight excluding hydrogens is 232 g/mol. The Labute approximate surface area is 84.7 Å². The molecule has 0 spiro atoms. The summed E-state index contributed by atoms with van der Waals surface area (Å²) < 4.78 is 0. The number of hydrogen-bond acceptors (Lipinski definition) is 2. The van der Waals surface area contributed by atoms with Gasteiger partial charge in [-0.2, -0.15) is 0 Å². The number of carbonyl (C=O) groups is 1. The van der Waals surface area contributed by atoms with E-state index in [2.05, 4.69) is 37.0 Å². The fourth-order valence-corrected chi connectivity index (χ4v) is 1.01. The number of halogens is 1. The van der Waals surface area contributed by atoms with Crippen LogP contribution in [0.15, 0.2) is 18.5 Å². The molecule has 0 aliphatic rings. The molecule has 1 N–H and O–H groups in total. The van der Waals surface area contributed by atoms with Gasteiger partial charge in [0.1, 0.15) is 0 Å². The Morgan fingerprint density at radius 3 is 3.00 bits per heavy atom. The second-order valence-corrected chi connectivity index (χ2v) is 2.82. The van der Waals surface area contributed by atoms with Crippen LogP contribution in [0, 0.1) is 17.7 Å². The van der Waals surface area contributed by atoms with Gasteiger partial charge in [-0.05, 0) is 23.4 Å². The Morgan fingerprint density at radius 1 is 1.62 bits per heavy atom. The molecule has 0 aliphatic carbocycles. The van der Waals surface area contributed by atoms with Crippen LogP contribution < -0.4 is 5.32 Å². The molecule has 0 unspecified atom stereocenters. The van der Waals surface area contributed by atoms with Crippen molar-refractivity contribution in [2.75, 3.05) is 5.32 Å². The normalized spacial score (nSPS) is 8.46. The van der Waals surface area contributed by atoms with Crippen LogP contribution in [0.5, 0.6) is 0 Å². The van der Waals surface area contributed by atoms with Crippen LogP contribution in [-0.2, 0) is 4.79 Å². The Morgan fingerprint density at radius 2 is 2.38 bits per heavy atom. The molecule has 3 nitrogen and oxygen atoms in total. The molecule has 4 heteroatoms. The third-order valence-corrected chi connectivity index (χ3v) is 1.49. The van der Waals surface area contributed by atoms with Crippen LogP contribution in [-0.4, -0.2) is 10.9 Å². The molecule has 0 atom stereocenters. The number of nitrogens with one attached hydrogen (secondary N) is 1. The van der Waals surface area contributed by atoms with Gasteiger partial charge in [0.15, 0.2) is 0 Å². The number of nitrogens with zero attached hydrogens (tertiary/aromatic N) is 1. The number of aryl methyl sites for hydroxylation is 1. The van der Waals surface area contributed by atoms with Gasteiger partial charge in [0, 0.05) is 28.0 Å². The van der Waals surface area contributed by atoms with E-state index < -0.39 is 0 Å². The molecule has 1 amide bonds. The van der Waals surface area contributed by atoms with Gasteiger partial charge in [-0.1, -0.05) is 0 Å². The number of carbonyl (C=O) groups excluding carboxylic acids is 1. The second-order valence-electron chi connectivity index (χ2n) is 2.42. The van der Waals surface area contributed by atoms with Crippen LogP contribution in [0.2, 0.25) is 0 Å². The number of anilines is 1. The highest BCUT2D eigenvalue weighted by Crippen LogP contribution is 2.06. The van der Waals surface area contributed by atoms with Crippen molar-refractivity contribution in [3.8, 4) is 10.8 Å². The molecule has 0 fully saturated rings. The summed E-state index contributed by atoms with van der Waals surface area (Å²) in [6, 6.07) is 1.82. The van der Waals surface area contributed by atoms with E-state index in [-0.39, 0.29) is 5.91 Å². The predicted octanol–water partition coefficient (Wildman–Crippen LogP) is 1.68. The fourth-order valence-electron chi connectivity index (χ4n) is 0.829.